The number of hydrogen-bond donors (Lipinski definition) is 2. The first-order valence-corrected chi connectivity index (χ1v) is 5.64. The summed E-state index contributed by atoms with van der Waals surface area (Å²) in [5.41, 5.74) is 1.05. The molecule has 82 valence electrons. The van der Waals surface area contributed by atoms with E-state index in [-0.39, 0.29) is 12.5 Å². The molecule has 0 heterocycles. The Balaban J connectivity index is 2.37. The number of aliphatic hydroxyl groups is 1. The van der Waals surface area contributed by atoms with Crippen molar-refractivity contribution >= 4 is 21.8 Å². The molecule has 0 spiro atoms. The maximum atomic E-state index is 11.2. The minimum Gasteiger partial charge on any atom is -0.396 e. The molecule has 0 saturated heterocycles. The number of amides is 1. The molecule has 0 bridgehead atoms. The lowest BCUT2D eigenvalue weighted by molar-refractivity contribution is -0.121. The fourth-order valence-corrected chi connectivity index (χ4v) is 1.59. The van der Waals surface area contributed by atoms with Gasteiger partial charge in [0.05, 0.1) is 0 Å². The van der Waals surface area contributed by atoms with Gasteiger partial charge < -0.3 is 10.4 Å². The standard InChI is InChI=1S/C11H14BrNO2/c12-10-5-2-1-4-9(10)8-13-11(15)6-3-7-14/h1-2,4-5,14H,3,6-8H2,(H,13,15). The summed E-state index contributed by atoms with van der Waals surface area (Å²) < 4.78 is 0.993. The van der Waals surface area contributed by atoms with E-state index in [0.29, 0.717) is 19.4 Å². The second kappa shape index (κ2) is 6.58. The van der Waals surface area contributed by atoms with Gasteiger partial charge in [0.1, 0.15) is 0 Å². The summed E-state index contributed by atoms with van der Waals surface area (Å²) in [7, 11) is 0. The molecule has 0 atom stereocenters. The van der Waals surface area contributed by atoms with Gasteiger partial charge in [0.15, 0.2) is 0 Å². The summed E-state index contributed by atoms with van der Waals surface area (Å²) in [6, 6.07) is 7.76. The highest BCUT2D eigenvalue weighted by atomic mass is 79.9. The van der Waals surface area contributed by atoms with Crippen molar-refractivity contribution in [2.45, 2.75) is 19.4 Å². The van der Waals surface area contributed by atoms with Gasteiger partial charge in [-0.25, -0.2) is 0 Å². The van der Waals surface area contributed by atoms with E-state index in [1.807, 2.05) is 24.3 Å². The van der Waals surface area contributed by atoms with Gasteiger partial charge in [-0.1, -0.05) is 34.1 Å². The van der Waals surface area contributed by atoms with Crippen molar-refractivity contribution in [3.05, 3.63) is 34.3 Å². The van der Waals surface area contributed by atoms with E-state index < -0.39 is 0 Å². The highest BCUT2D eigenvalue weighted by Gasteiger charge is 2.02. The van der Waals surface area contributed by atoms with Crippen molar-refractivity contribution in [2.24, 2.45) is 0 Å². The fourth-order valence-electron chi connectivity index (χ4n) is 1.16. The average Bonchev–Trinajstić information content (AvgIpc) is 2.25. The molecule has 0 aliphatic rings. The highest BCUT2D eigenvalue weighted by molar-refractivity contribution is 9.10. The second-order valence-corrected chi connectivity index (χ2v) is 4.05. The Morgan fingerprint density at radius 3 is 2.80 bits per heavy atom. The van der Waals surface area contributed by atoms with Crippen LogP contribution in [0.25, 0.3) is 0 Å². The Morgan fingerprint density at radius 1 is 1.40 bits per heavy atom. The molecule has 0 aliphatic heterocycles. The third-order valence-electron chi connectivity index (χ3n) is 2.00. The zero-order chi connectivity index (χ0) is 11.1. The van der Waals surface area contributed by atoms with Gasteiger partial charge in [0.25, 0.3) is 0 Å². The number of carbonyl (C=O) groups excluding carboxylic acids is 1. The fraction of sp³-hybridized carbons (Fsp3) is 0.364. The van der Waals surface area contributed by atoms with Crippen LogP contribution in [0.2, 0.25) is 0 Å². The van der Waals surface area contributed by atoms with Crippen LogP contribution in [0, 0.1) is 0 Å². The van der Waals surface area contributed by atoms with Gasteiger partial charge >= 0.3 is 0 Å². The lowest BCUT2D eigenvalue weighted by Gasteiger charge is -2.06. The Hall–Kier alpha value is -0.870. The number of hydrogen-bond acceptors (Lipinski definition) is 2. The molecular weight excluding hydrogens is 258 g/mol. The predicted molar refractivity (Wildman–Crippen MR) is 62.3 cm³/mol. The van der Waals surface area contributed by atoms with Crippen molar-refractivity contribution in [2.75, 3.05) is 6.61 Å². The average molecular weight is 272 g/mol. The first kappa shape index (κ1) is 12.2. The van der Waals surface area contributed by atoms with E-state index in [1.54, 1.807) is 0 Å². The van der Waals surface area contributed by atoms with Crippen LogP contribution in [-0.2, 0) is 11.3 Å². The maximum absolute atomic E-state index is 11.2. The lowest BCUT2D eigenvalue weighted by atomic mass is 10.2. The molecule has 0 radical (unpaired) electrons. The molecule has 4 heteroatoms. The Labute approximate surface area is 97.6 Å². The molecule has 2 N–H and O–H groups in total. The van der Waals surface area contributed by atoms with Gasteiger partial charge in [-0.2, -0.15) is 0 Å². The SMILES string of the molecule is O=C(CCCO)NCc1ccccc1Br. The molecule has 1 aromatic rings. The number of nitrogens with one attached hydrogen (secondary N) is 1. The molecule has 1 rings (SSSR count). The molecule has 0 saturated carbocycles. The molecule has 0 unspecified atom stereocenters. The second-order valence-electron chi connectivity index (χ2n) is 3.20. The molecule has 15 heavy (non-hydrogen) atoms. The van der Waals surface area contributed by atoms with Crippen LogP contribution in [0.15, 0.2) is 28.7 Å². The van der Waals surface area contributed by atoms with Gasteiger partial charge in [-0.15, -0.1) is 0 Å². The minimum atomic E-state index is -0.0280. The van der Waals surface area contributed by atoms with E-state index in [2.05, 4.69) is 21.2 Å². The normalized spacial score (nSPS) is 10.0. The summed E-state index contributed by atoms with van der Waals surface area (Å²) in [6.45, 7) is 0.578. The van der Waals surface area contributed by atoms with E-state index >= 15 is 0 Å². The molecule has 0 fully saturated rings. The van der Waals surface area contributed by atoms with Gasteiger partial charge in [0, 0.05) is 24.0 Å². The smallest absolute Gasteiger partial charge is 0.220 e. The monoisotopic (exact) mass is 271 g/mol. The zero-order valence-electron chi connectivity index (χ0n) is 8.37. The third-order valence-corrected chi connectivity index (χ3v) is 2.77. The summed E-state index contributed by atoms with van der Waals surface area (Å²) in [6.07, 6.45) is 0.892. The van der Waals surface area contributed by atoms with Crippen LogP contribution in [0.4, 0.5) is 0 Å². The summed E-state index contributed by atoms with van der Waals surface area (Å²) >= 11 is 3.41. The van der Waals surface area contributed by atoms with Gasteiger partial charge in [-0.05, 0) is 18.1 Å². The quantitative estimate of drug-likeness (QED) is 0.859. The van der Waals surface area contributed by atoms with Crippen molar-refractivity contribution < 1.29 is 9.90 Å². The molecule has 1 amide bonds. The van der Waals surface area contributed by atoms with E-state index in [0.717, 1.165) is 10.0 Å². The van der Waals surface area contributed by atoms with Crippen LogP contribution in [0.3, 0.4) is 0 Å². The summed E-state index contributed by atoms with van der Waals surface area (Å²) in [4.78, 5) is 11.2. The van der Waals surface area contributed by atoms with Crippen molar-refractivity contribution in [3.8, 4) is 0 Å². The van der Waals surface area contributed by atoms with E-state index in [9.17, 15) is 4.79 Å². The highest BCUT2D eigenvalue weighted by Crippen LogP contribution is 2.15. The number of benzene rings is 1. The topological polar surface area (TPSA) is 49.3 Å². The minimum absolute atomic E-state index is 0.0280. The molecule has 0 aliphatic carbocycles. The first-order valence-electron chi connectivity index (χ1n) is 4.85. The summed E-state index contributed by atoms with van der Waals surface area (Å²) in [5, 5.41) is 11.4. The molecule has 0 aromatic heterocycles. The van der Waals surface area contributed by atoms with Crippen LogP contribution in [-0.4, -0.2) is 17.6 Å². The van der Waals surface area contributed by atoms with Crippen molar-refractivity contribution in [1.29, 1.82) is 0 Å². The van der Waals surface area contributed by atoms with E-state index in [4.69, 9.17) is 5.11 Å². The van der Waals surface area contributed by atoms with Crippen LogP contribution in [0.1, 0.15) is 18.4 Å². The Kier molecular flexibility index (Phi) is 5.36. The first-order chi connectivity index (χ1) is 7.24. The van der Waals surface area contributed by atoms with Crippen LogP contribution >= 0.6 is 15.9 Å². The Bertz CT molecular complexity index is 328. The molecule has 1 aromatic carbocycles. The number of carbonyl (C=O) groups is 1. The molecule has 3 nitrogen and oxygen atoms in total. The number of rotatable bonds is 5. The molecular formula is C11H14BrNO2. The predicted octanol–water partition coefficient (Wildman–Crippen LogP) is 1.84. The van der Waals surface area contributed by atoms with Crippen molar-refractivity contribution in [1.82, 2.24) is 5.32 Å². The van der Waals surface area contributed by atoms with Crippen LogP contribution in [0.5, 0.6) is 0 Å². The number of halogens is 1. The van der Waals surface area contributed by atoms with Gasteiger partial charge in [0.2, 0.25) is 5.91 Å². The third kappa shape index (κ3) is 4.44. The maximum Gasteiger partial charge on any atom is 0.220 e. The van der Waals surface area contributed by atoms with Crippen molar-refractivity contribution in [3.63, 3.8) is 0 Å². The number of aliphatic hydroxyl groups excluding tert-OH is 1. The zero-order valence-corrected chi connectivity index (χ0v) is 9.96. The lowest BCUT2D eigenvalue weighted by Crippen LogP contribution is -2.22. The van der Waals surface area contributed by atoms with E-state index in [1.165, 1.54) is 0 Å². The largest absolute Gasteiger partial charge is 0.396 e. The van der Waals surface area contributed by atoms with Crippen LogP contribution < -0.4 is 5.32 Å². The Morgan fingerprint density at radius 2 is 2.13 bits per heavy atom. The van der Waals surface area contributed by atoms with Gasteiger partial charge in [-0.3, -0.25) is 4.79 Å². The summed E-state index contributed by atoms with van der Waals surface area (Å²) in [5.74, 6) is -0.0280.